The fourth-order valence-corrected chi connectivity index (χ4v) is 1.93. The Labute approximate surface area is 111 Å². The van der Waals surface area contributed by atoms with Crippen LogP contribution in [0.1, 0.15) is 18.1 Å². The summed E-state index contributed by atoms with van der Waals surface area (Å²) >= 11 is 0. The first-order chi connectivity index (χ1) is 9.13. The number of benzene rings is 1. The number of nitrogens with one attached hydrogen (secondary N) is 2. The predicted molar refractivity (Wildman–Crippen MR) is 72.8 cm³/mol. The minimum atomic E-state index is -0.386. The van der Waals surface area contributed by atoms with Crippen LogP contribution in [-0.4, -0.2) is 21.7 Å². The average molecular weight is 260 g/mol. The van der Waals surface area contributed by atoms with Gasteiger partial charge in [-0.25, -0.2) is 0 Å². The van der Waals surface area contributed by atoms with Gasteiger partial charge in [-0.1, -0.05) is 13.0 Å². The van der Waals surface area contributed by atoms with Gasteiger partial charge in [0, 0.05) is 29.8 Å². The number of hydrogen-bond acceptors (Lipinski definition) is 4. The molecule has 1 aromatic heterocycles. The van der Waals surface area contributed by atoms with Crippen LogP contribution in [0.15, 0.2) is 24.4 Å². The average Bonchev–Trinajstić information content (AvgIpc) is 2.84. The second-order valence-electron chi connectivity index (χ2n) is 4.31. The van der Waals surface area contributed by atoms with Gasteiger partial charge < -0.3 is 5.32 Å². The third kappa shape index (κ3) is 2.79. The smallest absolute Gasteiger partial charge is 0.270 e. The summed E-state index contributed by atoms with van der Waals surface area (Å²) in [6, 6.07) is 4.85. The molecule has 2 rings (SSSR count). The first-order valence-electron chi connectivity index (χ1n) is 6.12. The van der Waals surface area contributed by atoms with Crippen LogP contribution < -0.4 is 5.32 Å². The zero-order valence-corrected chi connectivity index (χ0v) is 10.9. The minimum absolute atomic E-state index is 0.0876. The molecule has 0 radical (unpaired) electrons. The molecule has 0 amide bonds. The van der Waals surface area contributed by atoms with E-state index in [4.69, 9.17) is 0 Å². The van der Waals surface area contributed by atoms with Gasteiger partial charge in [-0.2, -0.15) is 5.10 Å². The molecule has 0 fully saturated rings. The maximum Gasteiger partial charge on any atom is 0.270 e. The molecule has 0 saturated carbocycles. The highest BCUT2D eigenvalue weighted by Gasteiger charge is 2.14. The van der Waals surface area contributed by atoms with Crippen LogP contribution in [0, 0.1) is 17.0 Å². The molecule has 0 aliphatic heterocycles. The zero-order valence-electron chi connectivity index (χ0n) is 10.9. The fourth-order valence-electron chi connectivity index (χ4n) is 1.93. The molecular weight excluding hydrogens is 244 g/mol. The third-order valence-corrected chi connectivity index (χ3v) is 2.98. The standard InChI is InChI=1S/C13H16N4O2/c1-3-14-7-10-8-15-16-13(10)12-6-11(17(18)19)5-4-9(12)2/h4-6,8,14H,3,7H2,1-2H3,(H,15,16). The molecule has 6 heteroatoms. The topological polar surface area (TPSA) is 83.8 Å². The van der Waals surface area contributed by atoms with Gasteiger partial charge in [-0.05, 0) is 19.0 Å². The third-order valence-electron chi connectivity index (χ3n) is 2.98. The quantitative estimate of drug-likeness (QED) is 0.638. The predicted octanol–water partition coefficient (Wildman–Crippen LogP) is 2.40. The van der Waals surface area contributed by atoms with Gasteiger partial charge in [0.1, 0.15) is 0 Å². The van der Waals surface area contributed by atoms with Crippen molar-refractivity contribution in [1.29, 1.82) is 0 Å². The van der Waals surface area contributed by atoms with Crippen LogP contribution in [0.4, 0.5) is 5.69 Å². The molecule has 2 aromatic rings. The second kappa shape index (κ2) is 5.62. The highest BCUT2D eigenvalue weighted by molar-refractivity contribution is 5.69. The molecule has 0 spiro atoms. The van der Waals surface area contributed by atoms with Gasteiger partial charge in [0.15, 0.2) is 0 Å². The lowest BCUT2D eigenvalue weighted by atomic mass is 10.0. The number of aromatic amines is 1. The van der Waals surface area contributed by atoms with Gasteiger partial charge in [0.05, 0.1) is 16.8 Å². The highest BCUT2D eigenvalue weighted by atomic mass is 16.6. The molecule has 0 aliphatic rings. The van der Waals surface area contributed by atoms with E-state index in [0.717, 1.165) is 28.9 Å². The van der Waals surface area contributed by atoms with E-state index >= 15 is 0 Å². The number of nitrogens with zero attached hydrogens (tertiary/aromatic N) is 2. The summed E-state index contributed by atoms with van der Waals surface area (Å²) in [5.74, 6) is 0. The highest BCUT2D eigenvalue weighted by Crippen LogP contribution is 2.28. The SMILES string of the molecule is CCNCc1cn[nH]c1-c1cc([N+](=O)[O-])ccc1C. The number of aryl methyl sites for hydroxylation is 1. The number of aromatic nitrogens is 2. The molecule has 19 heavy (non-hydrogen) atoms. The zero-order chi connectivity index (χ0) is 13.8. The van der Waals surface area contributed by atoms with Crippen LogP contribution in [0.25, 0.3) is 11.3 Å². The summed E-state index contributed by atoms with van der Waals surface area (Å²) in [7, 11) is 0. The number of hydrogen-bond donors (Lipinski definition) is 2. The van der Waals surface area contributed by atoms with Crippen LogP contribution in [0.3, 0.4) is 0 Å². The van der Waals surface area contributed by atoms with Gasteiger partial charge in [0.25, 0.3) is 5.69 Å². The van der Waals surface area contributed by atoms with Crippen molar-refractivity contribution in [2.75, 3.05) is 6.54 Å². The lowest BCUT2D eigenvalue weighted by Gasteiger charge is -2.07. The van der Waals surface area contributed by atoms with Crippen molar-refractivity contribution in [1.82, 2.24) is 15.5 Å². The first kappa shape index (κ1) is 13.2. The van der Waals surface area contributed by atoms with Crippen molar-refractivity contribution in [3.63, 3.8) is 0 Å². The van der Waals surface area contributed by atoms with E-state index < -0.39 is 0 Å². The number of nitro benzene ring substituents is 1. The van der Waals surface area contributed by atoms with E-state index in [-0.39, 0.29) is 10.6 Å². The number of nitro groups is 1. The summed E-state index contributed by atoms with van der Waals surface area (Å²) in [4.78, 5) is 10.5. The number of H-pyrrole nitrogens is 1. The van der Waals surface area contributed by atoms with Crippen LogP contribution >= 0.6 is 0 Å². The van der Waals surface area contributed by atoms with Crippen molar-refractivity contribution in [3.8, 4) is 11.3 Å². The Morgan fingerprint density at radius 1 is 1.47 bits per heavy atom. The minimum Gasteiger partial charge on any atom is -0.313 e. The molecule has 0 atom stereocenters. The van der Waals surface area contributed by atoms with E-state index in [0.29, 0.717) is 6.54 Å². The van der Waals surface area contributed by atoms with Gasteiger partial charge in [0.2, 0.25) is 0 Å². The van der Waals surface area contributed by atoms with Gasteiger partial charge in [-0.3, -0.25) is 15.2 Å². The first-order valence-corrected chi connectivity index (χ1v) is 6.12. The van der Waals surface area contributed by atoms with Gasteiger partial charge >= 0.3 is 0 Å². The maximum atomic E-state index is 10.9. The summed E-state index contributed by atoms with van der Waals surface area (Å²) in [6.07, 6.45) is 1.75. The molecular formula is C13H16N4O2. The molecule has 2 N–H and O–H groups in total. The normalized spacial score (nSPS) is 10.6. The van der Waals surface area contributed by atoms with E-state index in [1.807, 2.05) is 13.8 Å². The second-order valence-corrected chi connectivity index (χ2v) is 4.31. The Morgan fingerprint density at radius 2 is 2.26 bits per heavy atom. The Kier molecular flexibility index (Phi) is 3.91. The molecule has 0 aliphatic carbocycles. The monoisotopic (exact) mass is 260 g/mol. The van der Waals surface area contributed by atoms with E-state index in [1.54, 1.807) is 18.3 Å². The Morgan fingerprint density at radius 3 is 2.95 bits per heavy atom. The van der Waals surface area contributed by atoms with E-state index in [9.17, 15) is 10.1 Å². The summed E-state index contributed by atoms with van der Waals surface area (Å²) in [6.45, 7) is 5.50. The lowest BCUT2D eigenvalue weighted by molar-refractivity contribution is -0.384. The number of rotatable bonds is 5. The molecule has 6 nitrogen and oxygen atoms in total. The fraction of sp³-hybridized carbons (Fsp3) is 0.308. The Hall–Kier alpha value is -2.21. The van der Waals surface area contributed by atoms with Crippen molar-refractivity contribution in [2.45, 2.75) is 20.4 Å². The van der Waals surface area contributed by atoms with E-state index in [1.165, 1.54) is 6.07 Å². The van der Waals surface area contributed by atoms with Crippen molar-refractivity contribution in [2.24, 2.45) is 0 Å². The summed E-state index contributed by atoms with van der Waals surface area (Å²) < 4.78 is 0. The number of non-ortho nitro benzene ring substituents is 1. The lowest BCUT2D eigenvalue weighted by Crippen LogP contribution is -2.11. The van der Waals surface area contributed by atoms with Crippen LogP contribution in [0.2, 0.25) is 0 Å². The summed E-state index contributed by atoms with van der Waals surface area (Å²) in [5.41, 5.74) is 3.73. The Balaban J connectivity index is 2.43. The Bertz CT molecular complexity index is 592. The largest absolute Gasteiger partial charge is 0.313 e. The van der Waals surface area contributed by atoms with Crippen molar-refractivity contribution < 1.29 is 4.92 Å². The molecule has 0 unspecified atom stereocenters. The van der Waals surface area contributed by atoms with Crippen molar-refractivity contribution in [3.05, 3.63) is 45.6 Å². The van der Waals surface area contributed by atoms with Gasteiger partial charge in [-0.15, -0.1) is 0 Å². The molecule has 1 heterocycles. The van der Waals surface area contributed by atoms with E-state index in [2.05, 4.69) is 15.5 Å². The molecule has 0 bridgehead atoms. The molecule has 1 aromatic carbocycles. The summed E-state index contributed by atoms with van der Waals surface area (Å²) in [5, 5.41) is 21.0. The van der Waals surface area contributed by atoms with Crippen LogP contribution in [0.5, 0.6) is 0 Å². The maximum absolute atomic E-state index is 10.9. The molecule has 100 valence electrons. The van der Waals surface area contributed by atoms with Crippen molar-refractivity contribution >= 4 is 5.69 Å². The molecule has 0 saturated heterocycles. The van der Waals surface area contributed by atoms with Crippen LogP contribution in [-0.2, 0) is 6.54 Å².